The van der Waals surface area contributed by atoms with Crippen molar-refractivity contribution in [1.82, 2.24) is 4.90 Å². The Balaban J connectivity index is 1.25. The van der Waals surface area contributed by atoms with Gasteiger partial charge in [0.05, 0.1) is 35.9 Å². The van der Waals surface area contributed by atoms with Gasteiger partial charge in [0.25, 0.3) is 5.91 Å². The summed E-state index contributed by atoms with van der Waals surface area (Å²) in [7, 11) is 0. The van der Waals surface area contributed by atoms with Crippen LogP contribution >= 0.6 is 0 Å². The maximum atomic E-state index is 13.5. The number of piperidine rings is 1. The maximum absolute atomic E-state index is 13.5. The van der Waals surface area contributed by atoms with Crippen molar-refractivity contribution in [2.45, 2.75) is 55.5 Å². The highest BCUT2D eigenvalue weighted by atomic mass is 16.8. The van der Waals surface area contributed by atoms with Gasteiger partial charge in [-0.15, -0.1) is 6.58 Å². The number of amides is 1. The van der Waals surface area contributed by atoms with Crippen molar-refractivity contribution in [3.05, 3.63) is 59.3 Å². The van der Waals surface area contributed by atoms with Crippen molar-refractivity contribution in [2.75, 3.05) is 13.2 Å². The van der Waals surface area contributed by atoms with Gasteiger partial charge < -0.3 is 39.5 Å². The Bertz CT molecular complexity index is 1200. The Morgan fingerprint density at radius 3 is 2.75 bits per heavy atom. The predicted octanol–water partition coefficient (Wildman–Crippen LogP) is -1.83. The second-order valence-corrected chi connectivity index (χ2v) is 10.1. The zero-order chi connectivity index (χ0) is 25.1. The van der Waals surface area contributed by atoms with Crippen LogP contribution in [-0.4, -0.2) is 93.5 Å². The number of hydrogen-bond donors (Lipinski definition) is 4. The van der Waals surface area contributed by atoms with Gasteiger partial charge in [-0.2, -0.15) is 0 Å². The summed E-state index contributed by atoms with van der Waals surface area (Å²) in [5.41, 5.74) is 0.543. The van der Waals surface area contributed by atoms with Gasteiger partial charge in [-0.1, -0.05) is 30.4 Å². The molecule has 0 radical (unpaired) electrons. The zero-order valence-corrected chi connectivity index (χ0v) is 19.5. The average molecular weight is 499 g/mol. The minimum atomic E-state index is -1.56. The van der Waals surface area contributed by atoms with Crippen LogP contribution in [0.3, 0.4) is 0 Å². The quantitative estimate of drug-likeness (QED) is 0.356. The standard InChI is InChI=1S/C26H30N2O8/c1-2-14-15-8-18-20-13(7-12-5-3-4-6-17(12)27-20)9-28(18)24(33)16(15)11-34-25(14)36-26-23(32)22(31)21(30)19(10-29)35-26/h2-7,11,13-15,18-23,25-26,29-32H,1,8-10H2/t13?,14-,15+,18+,19-,20?,21-,22+,23-,25+,26+/m1/s1. The molecule has 10 heteroatoms. The van der Waals surface area contributed by atoms with Crippen molar-refractivity contribution >= 4 is 12.0 Å². The van der Waals surface area contributed by atoms with Crippen molar-refractivity contribution in [1.29, 1.82) is 0 Å². The fourth-order valence-corrected chi connectivity index (χ4v) is 6.26. The number of ether oxygens (including phenoxy) is 3. The van der Waals surface area contributed by atoms with Gasteiger partial charge in [0.15, 0.2) is 6.29 Å². The molecule has 6 rings (SSSR count). The molecule has 0 aliphatic carbocycles. The van der Waals surface area contributed by atoms with E-state index in [9.17, 15) is 25.2 Å². The summed E-state index contributed by atoms with van der Waals surface area (Å²) in [5, 5.41) is 42.1. The minimum Gasteiger partial charge on any atom is -0.471 e. The van der Waals surface area contributed by atoms with Crippen LogP contribution in [0.2, 0.25) is 0 Å². The van der Waals surface area contributed by atoms with Crippen LogP contribution in [0, 0.1) is 17.8 Å². The van der Waals surface area contributed by atoms with Crippen molar-refractivity contribution in [3.8, 4) is 0 Å². The number of benzene rings is 1. The molecule has 1 amide bonds. The fraction of sp³-hybridized carbons (Fsp3) is 0.538. The van der Waals surface area contributed by atoms with Crippen LogP contribution < -0.4 is 10.6 Å². The van der Waals surface area contributed by atoms with Crippen LogP contribution in [0.4, 0.5) is 0 Å². The first-order valence-electron chi connectivity index (χ1n) is 12.3. The molecule has 1 aromatic carbocycles. The summed E-state index contributed by atoms with van der Waals surface area (Å²) in [5.74, 6) is -0.635. The SMILES string of the molecule is C=C[C@H]1[C@H](O[C@@H]2O[C@H](CO)[C@@H](O)[C@H](O)[C@H]2O)OC=C2C(=O)N3CC4C=c5ccccc5=NC4[C@@H]3C[C@H]21. The molecule has 192 valence electrons. The number of para-hydroxylation sites is 1. The Labute approximate surface area is 207 Å². The average Bonchev–Trinajstić information content (AvgIpc) is 3.25. The van der Waals surface area contributed by atoms with Crippen molar-refractivity contribution in [3.63, 3.8) is 0 Å². The fourth-order valence-electron chi connectivity index (χ4n) is 6.26. The lowest BCUT2D eigenvalue weighted by molar-refractivity contribution is -0.339. The molecule has 2 unspecified atom stereocenters. The molecule has 0 aromatic heterocycles. The molecule has 5 heterocycles. The molecule has 36 heavy (non-hydrogen) atoms. The number of nitrogens with zero attached hydrogens (tertiary/aromatic N) is 2. The highest BCUT2D eigenvalue weighted by Gasteiger charge is 2.54. The number of rotatable bonds is 4. The number of aliphatic hydroxyl groups is 4. The van der Waals surface area contributed by atoms with E-state index < -0.39 is 49.5 Å². The van der Waals surface area contributed by atoms with Crippen LogP contribution in [0.1, 0.15) is 6.42 Å². The third-order valence-electron chi connectivity index (χ3n) is 8.16. The molecular weight excluding hydrogens is 468 g/mol. The van der Waals surface area contributed by atoms with Crippen molar-refractivity contribution in [2.24, 2.45) is 22.7 Å². The third kappa shape index (κ3) is 3.63. The molecule has 0 saturated carbocycles. The maximum Gasteiger partial charge on any atom is 0.253 e. The van der Waals surface area contributed by atoms with Gasteiger partial charge in [0.2, 0.25) is 6.29 Å². The van der Waals surface area contributed by atoms with Gasteiger partial charge in [0, 0.05) is 24.3 Å². The number of fused-ring (bicyclic) bond motifs is 5. The monoisotopic (exact) mass is 498 g/mol. The molecule has 11 atom stereocenters. The first kappa shape index (κ1) is 23.8. The molecule has 3 saturated heterocycles. The van der Waals surface area contributed by atoms with E-state index in [2.05, 4.69) is 12.7 Å². The first-order valence-corrected chi connectivity index (χ1v) is 12.3. The molecule has 0 spiro atoms. The summed E-state index contributed by atoms with van der Waals surface area (Å²) in [6.45, 7) is 3.98. The third-order valence-corrected chi connectivity index (χ3v) is 8.16. The Hall–Kier alpha value is -2.60. The van der Waals surface area contributed by atoms with E-state index in [1.54, 1.807) is 6.08 Å². The molecule has 10 nitrogen and oxygen atoms in total. The smallest absolute Gasteiger partial charge is 0.253 e. The summed E-state index contributed by atoms with van der Waals surface area (Å²) in [6.07, 6.45) is -2.08. The van der Waals surface area contributed by atoms with Gasteiger partial charge in [-0.05, 0) is 17.7 Å². The lowest BCUT2D eigenvalue weighted by atomic mass is 9.75. The second-order valence-electron chi connectivity index (χ2n) is 10.1. The molecule has 4 N–H and O–H groups in total. The van der Waals surface area contributed by atoms with E-state index in [1.165, 1.54) is 6.26 Å². The molecule has 5 aliphatic rings. The second kappa shape index (κ2) is 9.05. The number of carbonyl (C=O) groups is 1. The molecular formula is C26H30N2O8. The number of carbonyl (C=O) groups excluding carboxylic acids is 1. The number of hydrogen-bond acceptors (Lipinski definition) is 9. The van der Waals surface area contributed by atoms with Gasteiger partial charge in [-0.3, -0.25) is 9.79 Å². The van der Waals surface area contributed by atoms with Gasteiger partial charge >= 0.3 is 0 Å². The molecule has 3 fully saturated rings. The highest BCUT2D eigenvalue weighted by Crippen LogP contribution is 2.45. The van der Waals surface area contributed by atoms with E-state index >= 15 is 0 Å². The Kier molecular flexibility index (Phi) is 5.98. The zero-order valence-electron chi connectivity index (χ0n) is 19.5. The van der Waals surface area contributed by atoms with Crippen molar-refractivity contribution < 1.29 is 39.4 Å². The summed E-state index contributed by atoms with van der Waals surface area (Å²) in [4.78, 5) is 20.4. The lowest BCUT2D eigenvalue weighted by Gasteiger charge is -2.46. The van der Waals surface area contributed by atoms with E-state index in [1.807, 2.05) is 29.2 Å². The summed E-state index contributed by atoms with van der Waals surface area (Å²) in [6, 6.07) is 7.86. The molecule has 0 bridgehead atoms. The molecule has 5 aliphatic heterocycles. The van der Waals surface area contributed by atoms with Crippen LogP contribution in [-0.2, 0) is 19.0 Å². The van der Waals surface area contributed by atoms with E-state index in [0.29, 0.717) is 18.5 Å². The molecule has 1 aromatic rings. The predicted molar refractivity (Wildman–Crippen MR) is 124 cm³/mol. The normalized spacial score (nSPS) is 43.0. The Morgan fingerprint density at radius 1 is 1.17 bits per heavy atom. The van der Waals surface area contributed by atoms with Gasteiger partial charge in [0.1, 0.15) is 24.4 Å². The topological polar surface area (TPSA) is 141 Å². The first-order chi connectivity index (χ1) is 17.4. The van der Waals surface area contributed by atoms with E-state index in [0.717, 1.165) is 10.6 Å². The number of aliphatic hydroxyl groups excluding tert-OH is 4. The summed E-state index contributed by atoms with van der Waals surface area (Å²) >= 11 is 0. The van der Waals surface area contributed by atoms with Crippen LogP contribution in [0.25, 0.3) is 6.08 Å². The van der Waals surface area contributed by atoms with Crippen LogP contribution in [0.5, 0.6) is 0 Å². The van der Waals surface area contributed by atoms with Crippen LogP contribution in [0.15, 0.2) is 53.7 Å². The van der Waals surface area contributed by atoms with E-state index in [4.69, 9.17) is 19.2 Å². The highest BCUT2D eigenvalue weighted by molar-refractivity contribution is 5.95. The van der Waals surface area contributed by atoms with Gasteiger partial charge in [-0.25, -0.2) is 0 Å². The minimum absolute atomic E-state index is 0.0384. The Morgan fingerprint density at radius 2 is 1.97 bits per heavy atom. The largest absolute Gasteiger partial charge is 0.471 e. The summed E-state index contributed by atoms with van der Waals surface area (Å²) < 4.78 is 17.2. The van der Waals surface area contributed by atoms with E-state index in [-0.39, 0.29) is 29.8 Å². The lowest BCUT2D eigenvalue weighted by Crippen LogP contribution is -2.60.